The van der Waals surface area contributed by atoms with E-state index in [1.807, 2.05) is 34.9 Å². The predicted octanol–water partition coefficient (Wildman–Crippen LogP) is 1.48. The van der Waals surface area contributed by atoms with Crippen LogP contribution in [-0.4, -0.2) is 19.7 Å². The van der Waals surface area contributed by atoms with Gasteiger partial charge < -0.3 is 10.8 Å². The van der Waals surface area contributed by atoms with Crippen molar-refractivity contribution >= 4 is 5.65 Å². The number of aromatic hydroxyl groups is 1. The number of fused-ring (bicyclic) bond motifs is 1. The topological polar surface area (TPSA) is 76.4 Å². The number of nitrogens with two attached hydrogens (primary N) is 1. The zero-order chi connectivity index (χ0) is 13.2. The van der Waals surface area contributed by atoms with Gasteiger partial charge in [-0.2, -0.15) is 0 Å². The summed E-state index contributed by atoms with van der Waals surface area (Å²) >= 11 is 0. The number of nitrogens with zero attached hydrogens (tertiary/aromatic N) is 3. The Kier molecular flexibility index (Phi) is 2.89. The van der Waals surface area contributed by atoms with Crippen LogP contribution in [0, 0.1) is 0 Å². The third-order valence-electron chi connectivity index (χ3n) is 3.08. The van der Waals surface area contributed by atoms with Crippen LogP contribution in [0.2, 0.25) is 0 Å². The Labute approximate surface area is 110 Å². The molecule has 5 heteroatoms. The molecule has 0 radical (unpaired) electrons. The maximum atomic E-state index is 9.27. The SMILES string of the molecule is NCc1ccn2c(Cc3ccc(O)cc3)nnc2c1. The Hall–Kier alpha value is -2.40. The van der Waals surface area contributed by atoms with Gasteiger partial charge in [-0.15, -0.1) is 10.2 Å². The zero-order valence-corrected chi connectivity index (χ0v) is 10.3. The maximum Gasteiger partial charge on any atom is 0.161 e. The lowest BCUT2D eigenvalue weighted by Crippen LogP contribution is -1.99. The van der Waals surface area contributed by atoms with Gasteiger partial charge in [-0.3, -0.25) is 4.40 Å². The van der Waals surface area contributed by atoms with Crippen LogP contribution in [0.15, 0.2) is 42.6 Å². The van der Waals surface area contributed by atoms with Gasteiger partial charge in [0.1, 0.15) is 11.6 Å². The van der Waals surface area contributed by atoms with Crippen molar-refractivity contribution in [2.45, 2.75) is 13.0 Å². The summed E-state index contributed by atoms with van der Waals surface area (Å²) in [5, 5.41) is 17.6. The summed E-state index contributed by atoms with van der Waals surface area (Å²) in [6.07, 6.45) is 2.61. The lowest BCUT2D eigenvalue weighted by atomic mass is 10.1. The van der Waals surface area contributed by atoms with Crippen LogP contribution in [0.3, 0.4) is 0 Å². The van der Waals surface area contributed by atoms with E-state index in [1.54, 1.807) is 12.1 Å². The molecule has 0 aliphatic carbocycles. The van der Waals surface area contributed by atoms with Crippen LogP contribution in [0.25, 0.3) is 5.65 Å². The molecular formula is C14H14N4O. The summed E-state index contributed by atoms with van der Waals surface area (Å²) in [4.78, 5) is 0. The first-order valence-electron chi connectivity index (χ1n) is 6.07. The largest absolute Gasteiger partial charge is 0.508 e. The molecule has 0 saturated heterocycles. The van der Waals surface area contributed by atoms with Crippen molar-refractivity contribution in [2.75, 3.05) is 0 Å². The van der Waals surface area contributed by atoms with Crippen molar-refractivity contribution < 1.29 is 5.11 Å². The van der Waals surface area contributed by atoms with Gasteiger partial charge in [0.25, 0.3) is 0 Å². The second kappa shape index (κ2) is 4.70. The molecule has 0 fully saturated rings. The van der Waals surface area contributed by atoms with Crippen molar-refractivity contribution in [1.82, 2.24) is 14.6 Å². The van der Waals surface area contributed by atoms with E-state index in [2.05, 4.69) is 10.2 Å². The first-order valence-corrected chi connectivity index (χ1v) is 6.07. The number of phenols is 1. The second-order valence-electron chi connectivity index (χ2n) is 4.43. The molecule has 0 aliphatic heterocycles. The molecule has 0 aliphatic rings. The average molecular weight is 254 g/mol. The molecule has 2 aromatic heterocycles. The van der Waals surface area contributed by atoms with Crippen molar-refractivity contribution in [3.63, 3.8) is 0 Å². The fourth-order valence-electron chi connectivity index (χ4n) is 2.03. The highest BCUT2D eigenvalue weighted by molar-refractivity contribution is 5.42. The molecule has 5 nitrogen and oxygen atoms in total. The average Bonchev–Trinajstić information content (AvgIpc) is 2.83. The summed E-state index contributed by atoms with van der Waals surface area (Å²) in [6.45, 7) is 0.497. The number of hydrogen-bond acceptors (Lipinski definition) is 4. The molecule has 3 rings (SSSR count). The Bertz CT molecular complexity index is 703. The Morgan fingerprint density at radius 2 is 1.84 bits per heavy atom. The van der Waals surface area contributed by atoms with Crippen molar-refractivity contribution in [3.8, 4) is 5.75 Å². The van der Waals surface area contributed by atoms with Gasteiger partial charge in [0.15, 0.2) is 5.65 Å². The van der Waals surface area contributed by atoms with Crippen LogP contribution in [-0.2, 0) is 13.0 Å². The summed E-state index contributed by atoms with van der Waals surface area (Å²) in [5.41, 5.74) is 8.52. The maximum absolute atomic E-state index is 9.27. The molecule has 2 heterocycles. The van der Waals surface area contributed by atoms with Gasteiger partial charge in [-0.05, 0) is 35.4 Å². The van der Waals surface area contributed by atoms with Crippen molar-refractivity contribution in [3.05, 3.63) is 59.5 Å². The second-order valence-corrected chi connectivity index (χ2v) is 4.43. The number of hydrogen-bond donors (Lipinski definition) is 2. The highest BCUT2D eigenvalue weighted by atomic mass is 16.3. The summed E-state index contributed by atoms with van der Waals surface area (Å²) < 4.78 is 1.95. The molecule has 0 saturated carbocycles. The Morgan fingerprint density at radius 3 is 2.58 bits per heavy atom. The van der Waals surface area contributed by atoms with Crippen LogP contribution < -0.4 is 5.73 Å². The van der Waals surface area contributed by atoms with Crippen molar-refractivity contribution in [2.24, 2.45) is 5.73 Å². The summed E-state index contributed by atoms with van der Waals surface area (Å²) in [7, 11) is 0. The van der Waals surface area contributed by atoms with Gasteiger partial charge in [0.05, 0.1) is 0 Å². The highest BCUT2D eigenvalue weighted by Crippen LogP contribution is 2.14. The fourth-order valence-corrected chi connectivity index (χ4v) is 2.03. The van der Waals surface area contributed by atoms with Gasteiger partial charge >= 0.3 is 0 Å². The quantitative estimate of drug-likeness (QED) is 0.742. The molecule has 3 aromatic rings. The van der Waals surface area contributed by atoms with Crippen LogP contribution in [0.5, 0.6) is 5.75 Å². The third kappa shape index (κ3) is 2.28. The predicted molar refractivity (Wildman–Crippen MR) is 71.8 cm³/mol. The van der Waals surface area contributed by atoms with E-state index in [9.17, 15) is 5.11 Å². The third-order valence-corrected chi connectivity index (χ3v) is 3.08. The number of benzene rings is 1. The molecule has 96 valence electrons. The molecular weight excluding hydrogens is 240 g/mol. The minimum atomic E-state index is 0.266. The summed E-state index contributed by atoms with van der Waals surface area (Å²) in [5.74, 6) is 1.13. The normalized spacial score (nSPS) is 11.0. The van der Waals surface area contributed by atoms with E-state index < -0.39 is 0 Å². The minimum Gasteiger partial charge on any atom is -0.508 e. The first-order chi connectivity index (χ1) is 9.26. The lowest BCUT2D eigenvalue weighted by Gasteiger charge is -2.02. The van der Waals surface area contributed by atoms with Crippen LogP contribution in [0.4, 0.5) is 0 Å². The molecule has 3 N–H and O–H groups in total. The number of rotatable bonds is 3. The Morgan fingerprint density at radius 1 is 1.05 bits per heavy atom. The van der Waals surface area contributed by atoms with E-state index in [-0.39, 0.29) is 5.75 Å². The number of aromatic nitrogens is 3. The molecule has 1 aromatic carbocycles. The van der Waals surface area contributed by atoms with E-state index in [0.717, 1.165) is 22.6 Å². The fraction of sp³-hybridized carbons (Fsp3) is 0.143. The molecule has 0 atom stereocenters. The van der Waals surface area contributed by atoms with Gasteiger partial charge in [0.2, 0.25) is 0 Å². The van der Waals surface area contributed by atoms with Gasteiger partial charge in [-0.1, -0.05) is 12.1 Å². The molecule has 0 unspecified atom stereocenters. The van der Waals surface area contributed by atoms with Gasteiger partial charge in [0, 0.05) is 19.2 Å². The van der Waals surface area contributed by atoms with E-state index >= 15 is 0 Å². The summed E-state index contributed by atoms with van der Waals surface area (Å²) in [6, 6.07) is 11.0. The Balaban J connectivity index is 1.95. The smallest absolute Gasteiger partial charge is 0.161 e. The lowest BCUT2D eigenvalue weighted by molar-refractivity contribution is 0.475. The molecule has 0 bridgehead atoms. The van der Waals surface area contributed by atoms with E-state index in [1.165, 1.54) is 0 Å². The van der Waals surface area contributed by atoms with Crippen molar-refractivity contribution in [1.29, 1.82) is 0 Å². The van der Waals surface area contributed by atoms with E-state index in [0.29, 0.717) is 13.0 Å². The first kappa shape index (κ1) is 11.7. The highest BCUT2D eigenvalue weighted by Gasteiger charge is 2.06. The van der Waals surface area contributed by atoms with E-state index in [4.69, 9.17) is 5.73 Å². The van der Waals surface area contributed by atoms with Gasteiger partial charge in [-0.25, -0.2) is 0 Å². The van der Waals surface area contributed by atoms with Crippen LogP contribution in [0.1, 0.15) is 17.0 Å². The van der Waals surface area contributed by atoms with Crippen LogP contribution >= 0.6 is 0 Å². The minimum absolute atomic E-state index is 0.266. The standard InChI is InChI=1S/C14H14N4O/c15-9-11-5-6-18-13(16-17-14(18)8-11)7-10-1-3-12(19)4-2-10/h1-6,8,19H,7,9,15H2. The monoisotopic (exact) mass is 254 g/mol. The number of phenolic OH excluding ortho intramolecular Hbond substituents is 1. The molecule has 19 heavy (non-hydrogen) atoms. The zero-order valence-electron chi connectivity index (χ0n) is 10.3. The molecule has 0 spiro atoms. The number of pyridine rings is 1. The molecule has 0 amide bonds.